The van der Waals surface area contributed by atoms with E-state index >= 15 is 0 Å². The fourth-order valence-electron chi connectivity index (χ4n) is 2.06. The van der Waals surface area contributed by atoms with Gasteiger partial charge in [-0.25, -0.2) is 4.98 Å². The lowest BCUT2D eigenvalue weighted by molar-refractivity contribution is 0.102. The molecule has 0 saturated heterocycles. The van der Waals surface area contributed by atoms with E-state index in [4.69, 9.17) is 0 Å². The van der Waals surface area contributed by atoms with Gasteiger partial charge < -0.3 is 10.6 Å². The van der Waals surface area contributed by atoms with Gasteiger partial charge in [-0.05, 0) is 43.5 Å². The third-order valence-electron chi connectivity index (χ3n) is 2.90. The molecule has 5 nitrogen and oxygen atoms in total. The number of carbonyl (C=O) groups excluding carboxylic acids is 1. The highest BCUT2D eigenvalue weighted by Gasteiger charge is 2.09. The van der Waals surface area contributed by atoms with E-state index in [0.29, 0.717) is 11.5 Å². The van der Waals surface area contributed by atoms with Crippen molar-refractivity contribution in [2.24, 2.45) is 0 Å². The molecule has 0 unspecified atom stereocenters. The molecule has 0 aliphatic heterocycles. The monoisotopic (exact) mass is 284 g/mol. The first kappa shape index (κ1) is 15.0. The molecule has 2 N–H and O–H groups in total. The van der Waals surface area contributed by atoms with Gasteiger partial charge in [0.2, 0.25) is 0 Å². The quantitative estimate of drug-likeness (QED) is 0.885. The highest BCUT2D eigenvalue weighted by atomic mass is 16.1. The lowest BCUT2D eigenvalue weighted by Gasteiger charge is -2.08. The summed E-state index contributed by atoms with van der Waals surface area (Å²) in [6, 6.07) is 5.92. The maximum atomic E-state index is 12.2. The standard InChI is InChI=1S/C16H20N4O/c1-4-5-18-15-10-17-9-14(20-15)16(21)19-13-7-11(2)6-12(3)8-13/h6-10H,4-5H2,1-3H3,(H,18,20)(H,19,21). The number of hydrogen-bond acceptors (Lipinski definition) is 4. The lowest BCUT2D eigenvalue weighted by atomic mass is 10.1. The van der Waals surface area contributed by atoms with Crippen LogP contribution in [0.3, 0.4) is 0 Å². The van der Waals surface area contributed by atoms with Crippen LogP contribution < -0.4 is 10.6 Å². The zero-order valence-electron chi connectivity index (χ0n) is 12.6. The Balaban J connectivity index is 2.12. The van der Waals surface area contributed by atoms with Crippen LogP contribution in [0.2, 0.25) is 0 Å². The van der Waals surface area contributed by atoms with Crippen molar-refractivity contribution in [1.29, 1.82) is 0 Å². The summed E-state index contributed by atoms with van der Waals surface area (Å²) in [5.41, 5.74) is 3.28. The Hall–Kier alpha value is -2.43. The molecule has 2 rings (SSSR count). The van der Waals surface area contributed by atoms with E-state index in [1.54, 1.807) is 6.20 Å². The number of hydrogen-bond donors (Lipinski definition) is 2. The van der Waals surface area contributed by atoms with E-state index in [1.165, 1.54) is 6.20 Å². The number of rotatable bonds is 5. The van der Waals surface area contributed by atoms with Gasteiger partial charge in [-0.3, -0.25) is 9.78 Å². The van der Waals surface area contributed by atoms with Crippen molar-refractivity contribution in [3.63, 3.8) is 0 Å². The molecule has 0 saturated carbocycles. The topological polar surface area (TPSA) is 66.9 Å². The molecule has 0 atom stereocenters. The summed E-state index contributed by atoms with van der Waals surface area (Å²) in [5, 5.41) is 5.97. The second-order valence-electron chi connectivity index (χ2n) is 5.05. The molecule has 1 heterocycles. The zero-order valence-corrected chi connectivity index (χ0v) is 12.6. The van der Waals surface area contributed by atoms with Crippen LogP contribution in [0.4, 0.5) is 11.5 Å². The van der Waals surface area contributed by atoms with Crippen LogP contribution in [0.1, 0.15) is 35.0 Å². The average Bonchev–Trinajstić information content (AvgIpc) is 2.44. The summed E-state index contributed by atoms with van der Waals surface area (Å²) in [6.07, 6.45) is 4.07. The minimum atomic E-state index is -0.257. The summed E-state index contributed by atoms with van der Waals surface area (Å²) in [5.74, 6) is 0.359. The molecule has 0 radical (unpaired) electrons. The Morgan fingerprint density at radius 1 is 1.14 bits per heavy atom. The maximum Gasteiger partial charge on any atom is 0.275 e. The molecule has 0 aliphatic carbocycles. The van der Waals surface area contributed by atoms with Gasteiger partial charge >= 0.3 is 0 Å². The Morgan fingerprint density at radius 2 is 1.86 bits per heavy atom. The second kappa shape index (κ2) is 6.83. The van der Waals surface area contributed by atoms with E-state index < -0.39 is 0 Å². The van der Waals surface area contributed by atoms with Crippen molar-refractivity contribution in [2.45, 2.75) is 27.2 Å². The van der Waals surface area contributed by atoms with E-state index in [9.17, 15) is 4.79 Å². The van der Waals surface area contributed by atoms with E-state index in [2.05, 4.69) is 33.6 Å². The minimum absolute atomic E-state index is 0.257. The molecule has 1 aromatic heterocycles. The number of aryl methyl sites for hydroxylation is 2. The SMILES string of the molecule is CCCNc1cncc(C(=O)Nc2cc(C)cc(C)c2)n1. The van der Waals surface area contributed by atoms with Gasteiger partial charge in [0.1, 0.15) is 11.5 Å². The Labute approximate surface area is 124 Å². The van der Waals surface area contributed by atoms with Crippen molar-refractivity contribution >= 4 is 17.4 Å². The molecule has 110 valence electrons. The first-order valence-corrected chi connectivity index (χ1v) is 7.04. The third-order valence-corrected chi connectivity index (χ3v) is 2.90. The number of aromatic nitrogens is 2. The molecular weight excluding hydrogens is 264 g/mol. The van der Waals surface area contributed by atoms with Crippen LogP contribution in [-0.4, -0.2) is 22.4 Å². The number of nitrogens with one attached hydrogen (secondary N) is 2. The van der Waals surface area contributed by atoms with Gasteiger partial charge in [-0.1, -0.05) is 13.0 Å². The molecular formula is C16H20N4O. The Bertz CT molecular complexity index is 620. The van der Waals surface area contributed by atoms with Gasteiger partial charge in [0.05, 0.1) is 12.4 Å². The number of benzene rings is 1. The van der Waals surface area contributed by atoms with Crippen molar-refractivity contribution in [3.05, 3.63) is 47.4 Å². The summed E-state index contributed by atoms with van der Waals surface area (Å²) >= 11 is 0. The zero-order chi connectivity index (χ0) is 15.2. The highest BCUT2D eigenvalue weighted by molar-refractivity contribution is 6.02. The predicted molar refractivity (Wildman–Crippen MR) is 84.7 cm³/mol. The highest BCUT2D eigenvalue weighted by Crippen LogP contribution is 2.14. The molecule has 2 aromatic rings. The van der Waals surface area contributed by atoms with Gasteiger partial charge in [0.25, 0.3) is 5.91 Å². The fraction of sp³-hybridized carbons (Fsp3) is 0.312. The largest absolute Gasteiger partial charge is 0.369 e. The van der Waals surface area contributed by atoms with Crippen molar-refractivity contribution in [3.8, 4) is 0 Å². The van der Waals surface area contributed by atoms with Gasteiger partial charge in [0, 0.05) is 12.2 Å². The molecule has 1 amide bonds. The summed E-state index contributed by atoms with van der Waals surface area (Å²) in [6.45, 7) is 6.86. The summed E-state index contributed by atoms with van der Waals surface area (Å²) < 4.78 is 0. The minimum Gasteiger partial charge on any atom is -0.369 e. The van der Waals surface area contributed by atoms with Crippen molar-refractivity contribution in [2.75, 3.05) is 17.2 Å². The van der Waals surface area contributed by atoms with Gasteiger partial charge in [-0.15, -0.1) is 0 Å². The maximum absolute atomic E-state index is 12.2. The second-order valence-corrected chi connectivity index (χ2v) is 5.05. The van der Waals surface area contributed by atoms with Crippen LogP contribution in [0.5, 0.6) is 0 Å². The number of anilines is 2. The molecule has 1 aromatic carbocycles. The first-order valence-electron chi connectivity index (χ1n) is 7.04. The van der Waals surface area contributed by atoms with E-state index in [-0.39, 0.29) is 5.91 Å². The van der Waals surface area contributed by atoms with Gasteiger partial charge in [-0.2, -0.15) is 0 Å². The number of carbonyl (C=O) groups is 1. The fourth-order valence-corrected chi connectivity index (χ4v) is 2.06. The van der Waals surface area contributed by atoms with Crippen LogP contribution in [0.15, 0.2) is 30.6 Å². The smallest absolute Gasteiger partial charge is 0.275 e. The number of amides is 1. The first-order chi connectivity index (χ1) is 10.1. The van der Waals surface area contributed by atoms with E-state index in [0.717, 1.165) is 29.8 Å². The molecule has 21 heavy (non-hydrogen) atoms. The Kier molecular flexibility index (Phi) is 4.87. The molecule has 0 bridgehead atoms. The van der Waals surface area contributed by atoms with Crippen molar-refractivity contribution in [1.82, 2.24) is 9.97 Å². The predicted octanol–water partition coefficient (Wildman–Crippen LogP) is 3.17. The molecule has 0 aliphatic rings. The van der Waals surface area contributed by atoms with Gasteiger partial charge in [0.15, 0.2) is 0 Å². The summed E-state index contributed by atoms with van der Waals surface area (Å²) in [4.78, 5) is 20.5. The summed E-state index contributed by atoms with van der Waals surface area (Å²) in [7, 11) is 0. The van der Waals surface area contributed by atoms with Crippen molar-refractivity contribution < 1.29 is 4.79 Å². The van der Waals surface area contributed by atoms with Crippen LogP contribution in [0, 0.1) is 13.8 Å². The van der Waals surface area contributed by atoms with Crippen LogP contribution in [0.25, 0.3) is 0 Å². The molecule has 5 heteroatoms. The number of nitrogens with zero attached hydrogens (tertiary/aromatic N) is 2. The molecule has 0 fully saturated rings. The molecule has 0 spiro atoms. The van der Waals surface area contributed by atoms with Crippen LogP contribution in [-0.2, 0) is 0 Å². The van der Waals surface area contributed by atoms with Crippen LogP contribution >= 0.6 is 0 Å². The third kappa shape index (κ3) is 4.27. The average molecular weight is 284 g/mol. The van der Waals surface area contributed by atoms with E-state index in [1.807, 2.05) is 26.0 Å². The normalized spacial score (nSPS) is 10.2. The lowest BCUT2D eigenvalue weighted by Crippen LogP contribution is -2.15. The Morgan fingerprint density at radius 3 is 2.52 bits per heavy atom.